The van der Waals surface area contributed by atoms with Crippen molar-refractivity contribution in [3.05, 3.63) is 95.6 Å². The highest BCUT2D eigenvalue weighted by Crippen LogP contribution is 2.36. The zero-order valence-electron chi connectivity index (χ0n) is 15.5. The van der Waals surface area contributed by atoms with Crippen molar-refractivity contribution in [2.45, 2.75) is 9.60 Å². The van der Waals surface area contributed by atoms with Crippen LogP contribution < -0.4 is 0 Å². The van der Waals surface area contributed by atoms with Crippen molar-refractivity contribution in [3.8, 4) is 22.6 Å². The van der Waals surface area contributed by atoms with Crippen LogP contribution in [0.4, 0.5) is 0 Å². The Morgan fingerprint density at radius 1 is 0.733 bits per heavy atom. The number of sulfone groups is 1. The molecule has 1 aromatic heterocycles. The van der Waals surface area contributed by atoms with Crippen molar-refractivity contribution in [1.82, 2.24) is 15.2 Å². The molecule has 0 aliphatic rings. The van der Waals surface area contributed by atoms with E-state index in [9.17, 15) is 8.42 Å². The summed E-state index contributed by atoms with van der Waals surface area (Å²) < 4.78 is 24.9. The lowest BCUT2D eigenvalue weighted by Gasteiger charge is -2.15. The molecule has 0 saturated heterocycles. The van der Waals surface area contributed by atoms with Gasteiger partial charge in [-0.05, 0) is 36.4 Å². The van der Waals surface area contributed by atoms with Gasteiger partial charge in [0, 0.05) is 16.1 Å². The lowest BCUT2D eigenvalue weighted by Crippen LogP contribution is -2.13. The molecule has 0 spiro atoms. The van der Waals surface area contributed by atoms with E-state index in [2.05, 4.69) is 15.2 Å². The van der Waals surface area contributed by atoms with E-state index < -0.39 is 14.5 Å². The highest BCUT2D eigenvalue weighted by Gasteiger charge is 2.32. The third-order valence-corrected chi connectivity index (χ3v) is 7.28. The molecule has 5 nitrogen and oxygen atoms in total. The number of hydrogen-bond donors (Lipinski definition) is 0. The summed E-state index contributed by atoms with van der Waals surface area (Å²) in [5.41, 5.74) is 1.75. The van der Waals surface area contributed by atoms with Gasteiger partial charge in [-0.1, -0.05) is 71.7 Å². The van der Waals surface area contributed by atoms with Crippen LogP contribution in [-0.4, -0.2) is 23.6 Å². The van der Waals surface area contributed by atoms with Gasteiger partial charge in [0.05, 0.1) is 4.90 Å². The third-order valence-electron chi connectivity index (χ3n) is 4.42. The second kappa shape index (κ2) is 8.52. The van der Waals surface area contributed by atoms with Gasteiger partial charge in [-0.15, -0.1) is 10.2 Å². The fraction of sp³-hybridized carbons (Fsp3) is 0.0455. The molecule has 0 saturated carbocycles. The summed E-state index contributed by atoms with van der Waals surface area (Å²) in [5.74, 6) is 0.259. The molecule has 3 aromatic carbocycles. The Kier molecular flexibility index (Phi) is 5.81. The lowest BCUT2D eigenvalue weighted by molar-refractivity contribution is 0.593. The second-order valence-corrected chi connectivity index (χ2v) is 9.58. The molecule has 4 aromatic rings. The number of aromatic nitrogens is 3. The first-order valence-electron chi connectivity index (χ1n) is 8.96. The number of halogens is 2. The Hall–Kier alpha value is -2.80. The smallest absolute Gasteiger partial charge is 0.201 e. The zero-order chi connectivity index (χ0) is 21.1. The van der Waals surface area contributed by atoms with Crippen LogP contribution in [0.3, 0.4) is 0 Å². The Bertz CT molecular complexity index is 1270. The van der Waals surface area contributed by atoms with Crippen molar-refractivity contribution >= 4 is 33.0 Å². The van der Waals surface area contributed by atoms with Gasteiger partial charge < -0.3 is 0 Å². The van der Waals surface area contributed by atoms with Gasteiger partial charge in [0.2, 0.25) is 9.84 Å². The van der Waals surface area contributed by atoms with Crippen molar-refractivity contribution in [2.75, 3.05) is 0 Å². The molecule has 1 atom stereocenters. The van der Waals surface area contributed by atoms with Crippen LogP contribution in [-0.2, 0) is 9.84 Å². The van der Waals surface area contributed by atoms with Crippen molar-refractivity contribution in [1.29, 1.82) is 0 Å². The van der Waals surface area contributed by atoms with Gasteiger partial charge in [0.25, 0.3) is 0 Å². The first-order chi connectivity index (χ1) is 14.5. The topological polar surface area (TPSA) is 72.8 Å². The summed E-state index contributed by atoms with van der Waals surface area (Å²) in [6.07, 6.45) is 0. The van der Waals surface area contributed by atoms with E-state index in [1.54, 1.807) is 54.6 Å². The molecule has 0 radical (unpaired) electrons. The molecular weight excluding hydrogens is 441 g/mol. The van der Waals surface area contributed by atoms with Crippen molar-refractivity contribution < 1.29 is 8.42 Å². The van der Waals surface area contributed by atoms with Crippen LogP contribution in [0, 0.1) is 0 Å². The number of benzene rings is 3. The van der Waals surface area contributed by atoms with Gasteiger partial charge >= 0.3 is 0 Å². The lowest BCUT2D eigenvalue weighted by atomic mass is 10.1. The second-order valence-electron chi connectivity index (χ2n) is 6.42. The van der Waals surface area contributed by atoms with E-state index in [-0.39, 0.29) is 16.4 Å². The Morgan fingerprint density at radius 2 is 1.33 bits per heavy atom. The van der Waals surface area contributed by atoms with Crippen LogP contribution in [0.15, 0.2) is 89.8 Å². The quantitative estimate of drug-likeness (QED) is 0.367. The normalized spacial score (nSPS) is 12.5. The first kappa shape index (κ1) is 20.5. The van der Waals surface area contributed by atoms with Crippen molar-refractivity contribution in [3.63, 3.8) is 0 Å². The molecule has 4 rings (SSSR count). The summed E-state index contributed by atoms with van der Waals surface area (Å²) in [6, 6.07) is 24.0. The zero-order valence-corrected chi connectivity index (χ0v) is 17.8. The first-order valence-corrected chi connectivity index (χ1v) is 11.3. The van der Waals surface area contributed by atoms with E-state index >= 15 is 0 Å². The Labute approximate surface area is 184 Å². The molecule has 0 fully saturated rings. The highest BCUT2D eigenvalue weighted by molar-refractivity contribution is 7.92. The predicted molar refractivity (Wildman–Crippen MR) is 118 cm³/mol. The van der Waals surface area contributed by atoms with Gasteiger partial charge in [0.1, 0.15) is 11.4 Å². The van der Waals surface area contributed by atoms with E-state index in [0.717, 1.165) is 0 Å². The van der Waals surface area contributed by atoms with Crippen molar-refractivity contribution in [2.24, 2.45) is 0 Å². The molecule has 1 heterocycles. The van der Waals surface area contributed by atoms with Gasteiger partial charge in [-0.3, -0.25) is 0 Å². The van der Waals surface area contributed by atoms with Crippen LogP contribution in [0.25, 0.3) is 22.6 Å². The van der Waals surface area contributed by atoms with E-state index in [4.69, 9.17) is 23.2 Å². The average Bonchev–Trinajstić information content (AvgIpc) is 2.80. The monoisotopic (exact) mass is 455 g/mol. The maximum Gasteiger partial charge on any atom is 0.201 e. The number of rotatable bonds is 5. The van der Waals surface area contributed by atoms with E-state index in [1.165, 1.54) is 12.1 Å². The maximum absolute atomic E-state index is 13.2. The van der Waals surface area contributed by atoms with E-state index in [0.29, 0.717) is 21.8 Å². The highest BCUT2D eigenvalue weighted by atomic mass is 35.5. The number of hydrogen-bond acceptors (Lipinski definition) is 5. The standard InChI is InChI=1S/C22H15Cl2N3O2S/c23-17-13-11-16(12-14-17)22-25-20(19(26-27-22)15-7-3-1-4-8-15)21(24)30(28,29)18-9-5-2-6-10-18/h1-14,21H. The minimum Gasteiger partial charge on any atom is -0.226 e. The SMILES string of the molecule is O=S(=O)(c1ccccc1)C(Cl)c1nc(-c2ccc(Cl)cc2)nnc1-c1ccccc1. The summed E-state index contributed by atoms with van der Waals surface area (Å²) >= 11 is 12.5. The minimum absolute atomic E-state index is 0.107. The fourth-order valence-corrected chi connectivity index (χ4v) is 4.72. The Morgan fingerprint density at radius 3 is 1.97 bits per heavy atom. The molecule has 0 amide bonds. The molecule has 0 aliphatic heterocycles. The summed E-state index contributed by atoms with van der Waals surface area (Å²) in [7, 11) is -3.91. The van der Waals surface area contributed by atoms with Crippen LogP contribution in [0.5, 0.6) is 0 Å². The van der Waals surface area contributed by atoms with E-state index in [1.807, 2.05) is 18.2 Å². The molecule has 0 bridgehead atoms. The fourth-order valence-electron chi connectivity index (χ4n) is 2.90. The summed E-state index contributed by atoms with van der Waals surface area (Å²) in [5, 5.41) is 9.04. The molecule has 1 unspecified atom stereocenters. The minimum atomic E-state index is -3.91. The van der Waals surface area contributed by atoms with Gasteiger partial charge in [0.15, 0.2) is 10.5 Å². The van der Waals surface area contributed by atoms with Gasteiger partial charge in [-0.25, -0.2) is 13.4 Å². The molecule has 150 valence electrons. The molecular formula is C22H15Cl2N3O2S. The van der Waals surface area contributed by atoms with Crippen LogP contribution in [0.1, 0.15) is 10.4 Å². The van der Waals surface area contributed by atoms with Gasteiger partial charge in [-0.2, -0.15) is 0 Å². The molecule has 0 N–H and O–H groups in total. The summed E-state index contributed by atoms with van der Waals surface area (Å²) in [6.45, 7) is 0. The predicted octanol–water partition coefficient (Wildman–Crippen LogP) is 5.57. The largest absolute Gasteiger partial charge is 0.226 e. The molecule has 8 heteroatoms. The average molecular weight is 456 g/mol. The number of alkyl halides is 1. The molecule has 0 aliphatic carbocycles. The van der Waals surface area contributed by atoms with Crippen LogP contribution >= 0.6 is 23.2 Å². The third kappa shape index (κ3) is 4.07. The number of nitrogens with zero attached hydrogens (tertiary/aromatic N) is 3. The maximum atomic E-state index is 13.2. The van der Waals surface area contributed by atoms with Crippen LogP contribution in [0.2, 0.25) is 5.02 Å². The molecule has 30 heavy (non-hydrogen) atoms. The Balaban J connectivity index is 1.88. The summed E-state index contributed by atoms with van der Waals surface area (Å²) in [4.78, 5) is 4.62.